The monoisotopic (exact) mass is 313 g/mol. The number of nitrogens with zero attached hydrogens (tertiary/aromatic N) is 2. The van der Waals surface area contributed by atoms with Crippen LogP contribution < -0.4 is 5.14 Å². The number of likely N-dealkylation sites (N-methyl/N-ethyl adjacent to an activating group) is 1. The molecule has 0 spiro atoms. The van der Waals surface area contributed by atoms with E-state index < -0.39 is 10.0 Å². The number of carbonyl (C=O) groups is 1. The summed E-state index contributed by atoms with van der Waals surface area (Å²) in [5, 5.41) is 5.17. The quantitative estimate of drug-likeness (QED) is 0.866. The maximum absolute atomic E-state index is 12.6. The van der Waals surface area contributed by atoms with Crippen molar-refractivity contribution in [2.75, 3.05) is 20.3 Å². The average molecular weight is 313 g/mol. The number of hydrogen-bond acceptors (Lipinski definition) is 4. The number of rotatable bonds is 4. The summed E-state index contributed by atoms with van der Waals surface area (Å²) < 4.78 is 30.1. The van der Waals surface area contributed by atoms with Crippen LogP contribution >= 0.6 is 0 Å². The number of sulfonamides is 1. The number of aromatic nitrogens is 1. The molecule has 1 aliphatic heterocycles. The Kier molecular flexibility index (Phi) is 3.54. The molecule has 2 fully saturated rings. The lowest BCUT2D eigenvalue weighted by molar-refractivity contribution is 0.0700. The molecule has 0 aromatic carbocycles. The third-order valence-electron chi connectivity index (χ3n) is 4.09. The van der Waals surface area contributed by atoms with Crippen LogP contribution in [-0.4, -0.2) is 50.1 Å². The maximum Gasteiger partial charge on any atom is 0.270 e. The molecular weight excluding hydrogens is 294 g/mol. The highest BCUT2D eigenvalue weighted by molar-refractivity contribution is 7.89. The Morgan fingerprint density at radius 2 is 2.14 bits per heavy atom. The number of primary sulfonamides is 1. The van der Waals surface area contributed by atoms with Gasteiger partial charge >= 0.3 is 0 Å². The van der Waals surface area contributed by atoms with Gasteiger partial charge in [0.2, 0.25) is 10.0 Å². The van der Waals surface area contributed by atoms with Crippen LogP contribution in [0.2, 0.25) is 0 Å². The topological polar surface area (TPSA) is 94.6 Å². The molecule has 1 aromatic heterocycles. The number of hydrogen-bond donors (Lipinski definition) is 1. The van der Waals surface area contributed by atoms with Gasteiger partial charge in [-0.25, -0.2) is 13.6 Å². The molecule has 2 N–H and O–H groups in total. The van der Waals surface area contributed by atoms with E-state index in [0.717, 1.165) is 19.3 Å². The second-order valence-electron chi connectivity index (χ2n) is 5.68. The normalized spacial score (nSPS) is 22.5. The lowest BCUT2D eigenvalue weighted by Crippen LogP contribution is -2.38. The van der Waals surface area contributed by atoms with Crippen molar-refractivity contribution in [2.24, 2.45) is 5.14 Å². The van der Waals surface area contributed by atoms with Crippen LogP contribution in [0, 0.1) is 0 Å². The minimum Gasteiger partial charge on any atom is -0.379 e. The number of ether oxygens (including phenoxy) is 1. The zero-order chi connectivity index (χ0) is 15.2. The van der Waals surface area contributed by atoms with E-state index in [2.05, 4.69) is 0 Å². The van der Waals surface area contributed by atoms with Crippen LogP contribution in [0.3, 0.4) is 0 Å². The molecule has 1 unspecified atom stereocenters. The van der Waals surface area contributed by atoms with Crippen LogP contribution in [0.4, 0.5) is 0 Å². The first-order valence-electron chi connectivity index (χ1n) is 6.97. The fourth-order valence-electron chi connectivity index (χ4n) is 2.61. The molecule has 116 valence electrons. The molecule has 1 aliphatic carbocycles. The van der Waals surface area contributed by atoms with Crippen molar-refractivity contribution in [2.45, 2.75) is 36.2 Å². The molecule has 7 nitrogen and oxygen atoms in total. The van der Waals surface area contributed by atoms with E-state index in [1.807, 2.05) is 0 Å². The Hall–Kier alpha value is -1.38. The van der Waals surface area contributed by atoms with Gasteiger partial charge in [-0.2, -0.15) is 0 Å². The Morgan fingerprint density at radius 1 is 1.43 bits per heavy atom. The standard InChI is InChI=1S/C13H19N3O4S/c1-15(10-4-5-20-8-10)13(17)12-6-11(21(14,18)19)7-16(12)9-2-3-9/h6-7,9-10H,2-5,8H2,1H3,(H2,14,18,19). The van der Waals surface area contributed by atoms with Gasteiger partial charge in [0.25, 0.3) is 5.91 Å². The lowest BCUT2D eigenvalue weighted by atomic mass is 10.2. The van der Waals surface area contributed by atoms with Crippen LogP contribution in [0.15, 0.2) is 17.2 Å². The Balaban J connectivity index is 1.92. The lowest BCUT2D eigenvalue weighted by Gasteiger charge is -2.23. The molecule has 21 heavy (non-hydrogen) atoms. The smallest absolute Gasteiger partial charge is 0.270 e. The van der Waals surface area contributed by atoms with Crippen molar-refractivity contribution >= 4 is 15.9 Å². The summed E-state index contributed by atoms with van der Waals surface area (Å²) in [6.07, 6.45) is 4.18. The number of amides is 1. The van der Waals surface area contributed by atoms with E-state index in [-0.39, 0.29) is 22.9 Å². The van der Waals surface area contributed by atoms with Crippen molar-refractivity contribution in [1.82, 2.24) is 9.47 Å². The largest absolute Gasteiger partial charge is 0.379 e. The summed E-state index contributed by atoms with van der Waals surface area (Å²) in [6, 6.07) is 1.62. The first-order valence-corrected chi connectivity index (χ1v) is 8.52. The minimum atomic E-state index is -3.80. The molecule has 2 aliphatic rings. The molecule has 1 saturated heterocycles. The highest BCUT2D eigenvalue weighted by Crippen LogP contribution is 2.37. The number of carbonyl (C=O) groups excluding carboxylic acids is 1. The predicted molar refractivity (Wildman–Crippen MR) is 75.4 cm³/mol. The highest BCUT2D eigenvalue weighted by atomic mass is 32.2. The third-order valence-corrected chi connectivity index (χ3v) is 4.97. The molecule has 1 aromatic rings. The van der Waals surface area contributed by atoms with Crippen LogP contribution in [0.5, 0.6) is 0 Å². The summed E-state index contributed by atoms with van der Waals surface area (Å²) in [5.74, 6) is -0.188. The fraction of sp³-hybridized carbons (Fsp3) is 0.615. The van der Waals surface area contributed by atoms with E-state index in [0.29, 0.717) is 18.9 Å². The highest BCUT2D eigenvalue weighted by Gasteiger charge is 2.33. The average Bonchev–Trinajstić information content (AvgIpc) is 2.95. The Morgan fingerprint density at radius 3 is 2.67 bits per heavy atom. The number of nitrogens with two attached hydrogens (primary N) is 1. The van der Waals surface area contributed by atoms with Gasteiger partial charge in [0, 0.05) is 25.9 Å². The second kappa shape index (κ2) is 5.11. The summed E-state index contributed by atoms with van der Waals surface area (Å²) in [6.45, 7) is 1.17. The molecule has 2 heterocycles. The third kappa shape index (κ3) is 2.83. The molecule has 1 amide bonds. The SMILES string of the molecule is CN(C(=O)c1cc(S(N)(=O)=O)cn1C1CC1)C1CCOC1. The Bertz CT molecular complexity index is 657. The van der Waals surface area contributed by atoms with Gasteiger partial charge in [-0.1, -0.05) is 0 Å². The summed E-state index contributed by atoms with van der Waals surface area (Å²) in [5.41, 5.74) is 0.385. The van der Waals surface area contributed by atoms with Crippen LogP contribution in [0.1, 0.15) is 35.8 Å². The molecule has 0 bridgehead atoms. The van der Waals surface area contributed by atoms with E-state index in [9.17, 15) is 13.2 Å². The molecule has 1 atom stereocenters. The molecular formula is C13H19N3O4S. The zero-order valence-electron chi connectivity index (χ0n) is 11.9. The summed E-state index contributed by atoms with van der Waals surface area (Å²) in [4.78, 5) is 14.3. The summed E-state index contributed by atoms with van der Waals surface area (Å²) >= 11 is 0. The second-order valence-corrected chi connectivity index (χ2v) is 7.24. The first kappa shape index (κ1) is 14.6. The van der Waals surface area contributed by atoms with Crippen molar-refractivity contribution in [3.63, 3.8) is 0 Å². The van der Waals surface area contributed by atoms with E-state index >= 15 is 0 Å². The van der Waals surface area contributed by atoms with Gasteiger partial charge in [-0.3, -0.25) is 4.79 Å². The van der Waals surface area contributed by atoms with Crippen molar-refractivity contribution < 1.29 is 17.9 Å². The molecule has 8 heteroatoms. The van der Waals surface area contributed by atoms with E-state index in [1.54, 1.807) is 16.5 Å². The van der Waals surface area contributed by atoms with Gasteiger partial charge in [0.15, 0.2) is 0 Å². The van der Waals surface area contributed by atoms with Gasteiger partial charge in [0.05, 0.1) is 12.6 Å². The zero-order valence-corrected chi connectivity index (χ0v) is 12.7. The van der Waals surface area contributed by atoms with Gasteiger partial charge in [-0.15, -0.1) is 0 Å². The summed E-state index contributed by atoms with van der Waals surface area (Å²) in [7, 11) is -2.08. The first-order chi connectivity index (χ1) is 9.88. The van der Waals surface area contributed by atoms with Gasteiger partial charge in [0.1, 0.15) is 10.6 Å². The molecule has 0 radical (unpaired) electrons. The van der Waals surface area contributed by atoms with E-state index in [4.69, 9.17) is 9.88 Å². The minimum absolute atomic E-state index is 0.00572. The van der Waals surface area contributed by atoms with Crippen LogP contribution in [0.25, 0.3) is 0 Å². The maximum atomic E-state index is 12.6. The van der Waals surface area contributed by atoms with Crippen molar-refractivity contribution in [1.29, 1.82) is 0 Å². The van der Waals surface area contributed by atoms with Gasteiger partial charge in [-0.05, 0) is 25.3 Å². The molecule has 1 saturated carbocycles. The van der Waals surface area contributed by atoms with Crippen LogP contribution in [-0.2, 0) is 14.8 Å². The van der Waals surface area contributed by atoms with Crippen molar-refractivity contribution in [3.8, 4) is 0 Å². The molecule has 3 rings (SSSR count). The fourth-order valence-corrected chi connectivity index (χ4v) is 3.15. The Labute approximate surface area is 123 Å². The predicted octanol–water partition coefficient (Wildman–Crippen LogP) is 0.331. The van der Waals surface area contributed by atoms with Crippen molar-refractivity contribution in [3.05, 3.63) is 18.0 Å². The van der Waals surface area contributed by atoms with Gasteiger partial charge < -0.3 is 14.2 Å². The van der Waals surface area contributed by atoms with E-state index in [1.165, 1.54) is 12.3 Å².